The lowest BCUT2D eigenvalue weighted by atomic mass is 10.0. The number of methoxy groups -OCH3 is 2. The van der Waals surface area contributed by atoms with Gasteiger partial charge >= 0.3 is 0 Å². The van der Waals surface area contributed by atoms with E-state index in [4.69, 9.17) is 37.9 Å². The fourth-order valence-electron chi connectivity index (χ4n) is 3.73. The molecule has 2 aromatic rings. The number of aliphatic hydroxyl groups is 3. The maximum absolute atomic E-state index is 12.5. The molecule has 0 unspecified atom stereocenters. The van der Waals surface area contributed by atoms with Crippen LogP contribution in [0.5, 0.6) is 11.5 Å². The predicted octanol–water partition coefficient (Wildman–Crippen LogP) is 1.42. The first kappa shape index (κ1) is 39.1. The quantitative estimate of drug-likeness (QED) is 0.0813. The van der Waals surface area contributed by atoms with Gasteiger partial charge in [-0.25, -0.2) is 0 Å². The number of benzene rings is 2. The molecule has 0 spiro atoms. The Bertz CT molecular complexity index is 1100. The number of aliphatic hydroxyl groups excluding tert-OH is 3. The monoisotopic (exact) mass is 651 g/mol. The summed E-state index contributed by atoms with van der Waals surface area (Å²) in [5.74, 6) is 0.602. The van der Waals surface area contributed by atoms with Gasteiger partial charge in [-0.15, -0.1) is 0 Å². The molecule has 0 saturated heterocycles. The van der Waals surface area contributed by atoms with Crippen molar-refractivity contribution in [1.29, 1.82) is 0 Å². The van der Waals surface area contributed by atoms with Gasteiger partial charge in [0.15, 0.2) is 11.5 Å². The number of nitrogens with one attached hydrogen (secondary N) is 1. The van der Waals surface area contributed by atoms with E-state index in [0.717, 1.165) is 11.1 Å². The Morgan fingerprint density at radius 2 is 1.04 bits per heavy atom. The summed E-state index contributed by atoms with van der Waals surface area (Å²) in [7, 11) is 3.25. The number of hydrogen-bond acceptors (Lipinski definition) is 12. The third-order valence-corrected chi connectivity index (χ3v) is 6.47. The van der Waals surface area contributed by atoms with E-state index in [2.05, 4.69) is 5.32 Å². The molecule has 0 radical (unpaired) electrons. The van der Waals surface area contributed by atoms with Gasteiger partial charge in [-0.1, -0.05) is 30.4 Å². The molecular weight excluding hydrogens is 602 g/mol. The fraction of sp³-hybridized carbons (Fsp3) is 0.545. The molecule has 258 valence electrons. The van der Waals surface area contributed by atoms with Crippen LogP contribution in [0.3, 0.4) is 0 Å². The highest BCUT2D eigenvalue weighted by Crippen LogP contribution is 2.29. The van der Waals surface area contributed by atoms with Gasteiger partial charge in [-0.2, -0.15) is 0 Å². The van der Waals surface area contributed by atoms with Crippen LogP contribution in [-0.4, -0.2) is 140 Å². The lowest BCUT2D eigenvalue weighted by Crippen LogP contribution is -2.57. The van der Waals surface area contributed by atoms with E-state index in [0.29, 0.717) is 96.3 Å². The van der Waals surface area contributed by atoms with Crippen LogP contribution in [0.15, 0.2) is 42.5 Å². The average Bonchev–Trinajstić information content (AvgIpc) is 3.09. The molecule has 0 saturated carbocycles. The van der Waals surface area contributed by atoms with Crippen molar-refractivity contribution in [2.24, 2.45) is 0 Å². The van der Waals surface area contributed by atoms with Crippen LogP contribution in [0.4, 0.5) is 0 Å². The van der Waals surface area contributed by atoms with Gasteiger partial charge in [-0.05, 0) is 35.4 Å². The third kappa shape index (κ3) is 15.5. The van der Waals surface area contributed by atoms with Crippen LogP contribution >= 0.6 is 0 Å². The number of amides is 1. The first-order valence-corrected chi connectivity index (χ1v) is 15.1. The second-order valence-corrected chi connectivity index (χ2v) is 10.0. The van der Waals surface area contributed by atoms with E-state index in [-0.39, 0.29) is 0 Å². The molecular formula is C33H49NO12. The maximum Gasteiger partial charge on any atom is 0.251 e. The molecule has 13 heteroatoms. The Kier molecular flexibility index (Phi) is 20.5. The largest absolute Gasteiger partial charge is 0.487 e. The van der Waals surface area contributed by atoms with Crippen LogP contribution in [0.2, 0.25) is 0 Å². The second-order valence-electron chi connectivity index (χ2n) is 10.0. The molecule has 0 fully saturated rings. The lowest BCUT2D eigenvalue weighted by Gasteiger charge is -2.28. The smallest absolute Gasteiger partial charge is 0.251 e. The van der Waals surface area contributed by atoms with Crippen molar-refractivity contribution in [3.8, 4) is 11.5 Å². The summed E-state index contributed by atoms with van der Waals surface area (Å²) in [6, 6.07) is 12.4. The second kappa shape index (κ2) is 24.1. The molecule has 2 rings (SSSR count). The number of carbonyl (C=O) groups is 1. The summed E-state index contributed by atoms with van der Waals surface area (Å²) in [6.45, 7) is 3.55. The van der Waals surface area contributed by atoms with Gasteiger partial charge in [0.05, 0.1) is 85.9 Å². The Morgan fingerprint density at radius 3 is 1.54 bits per heavy atom. The van der Waals surface area contributed by atoms with Gasteiger partial charge in [0.25, 0.3) is 5.91 Å². The summed E-state index contributed by atoms with van der Waals surface area (Å²) in [4.78, 5) is 12.5. The molecule has 0 aliphatic carbocycles. The average molecular weight is 652 g/mol. The van der Waals surface area contributed by atoms with E-state index < -0.39 is 31.3 Å². The van der Waals surface area contributed by atoms with E-state index >= 15 is 0 Å². The van der Waals surface area contributed by atoms with E-state index in [1.165, 1.54) is 0 Å². The first-order valence-electron chi connectivity index (χ1n) is 15.1. The minimum absolute atomic E-state index is 0.310. The van der Waals surface area contributed by atoms with Crippen LogP contribution < -0.4 is 14.8 Å². The Morgan fingerprint density at radius 1 is 0.609 bits per heavy atom. The number of hydrogen-bond donors (Lipinski definition) is 4. The van der Waals surface area contributed by atoms with Crippen molar-refractivity contribution < 1.29 is 58.0 Å². The fourth-order valence-corrected chi connectivity index (χ4v) is 3.73. The minimum Gasteiger partial charge on any atom is -0.487 e. The standard InChI is InChI=1S/C33H49NO12/c1-39-11-13-41-15-17-43-19-21-45-30-10-7-28(23-31(30)46-22-20-44-18-16-42-14-12-40-2)4-3-27-5-8-29(9-6-27)32(38)34-33(24-35,25-36)26-37/h3-10,23,35-37H,11-22,24-26H2,1-2H3,(H,34,38)/b4-3+. The normalized spacial score (nSPS) is 11.7. The van der Waals surface area contributed by atoms with E-state index in [1.807, 2.05) is 30.4 Å². The number of carbonyl (C=O) groups excluding carboxylic acids is 1. The van der Waals surface area contributed by atoms with Crippen LogP contribution in [0.1, 0.15) is 21.5 Å². The first-order chi connectivity index (χ1) is 22.5. The van der Waals surface area contributed by atoms with Crippen LogP contribution in [-0.2, 0) is 28.4 Å². The van der Waals surface area contributed by atoms with Gasteiger partial charge in [0, 0.05) is 19.8 Å². The topological polar surface area (TPSA) is 164 Å². The van der Waals surface area contributed by atoms with E-state index in [9.17, 15) is 20.1 Å². The molecule has 2 aromatic carbocycles. The van der Waals surface area contributed by atoms with Crippen LogP contribution in [0.25, 0.3) is 12.2 Å². The van der Waals surface area contributed by atoms with Crippen molar-refractivity contribution in [2.75, 3.05) is 113 Å². The number of rotatable bonds is 27. The van der Waals surface area contributed by atoms with Gasteiger partial charge < -0.3 is 58.5 Å². The van der Waals surface area contributed by atoms with Gasteiger partial charge in [0.1, 0.15) is 18.8 Å². The molecule has 0 aliphatic heterocycles. The molecule has 4 N–H and O–H groups in total. The van der Waals surface area contributed by atoms with Crippen molar-refractivity contribution in [1.82, 2.24) is 5.32 Å². The summed E-state index contributed by atoms with van der Waals surface area (Å²) in [5.41, 5.74) is 0.517. The molecule has 0 aliphatic rings. The molecule has 13 nitrogen and oxygen atoms in total. The molecule has 0 heterocycles. The highest BCUT2D eigenvalue weighted by atomic mass is 16.6. The Hall–Kier alpha value is -3.11. The summed E-state index contributed by atoms with van der Waals surface area (Å²) >= 11 is 0. The SMILES string of the molecule is COCCOCCOCCOc1ccc(/C=C/c2ccc(C(=O)NC(CO)(CO)CO)cc2)cc1OCCOCCOCCOC. The van der Waals surface area contributed by atoms with Gasteiger partial charge in [-0.3, -0.25) is 4.79 Å². The third-order valence-electron chi connectivity index (χ3n) is 6.47. The molecule has 46 heavy (non-hydrogen) atoms. The lowest BCUT2D eigenvalue weighted by molar-refractivity contribution is 0.0160. The zero-order chi connectivity index (χ0) is 33.3. The van der Waals surface area contributed by atoms with Crippen molar-refractivity contribution >= 4 is 18.1 Å². The van der Waals surface area contributed by atoms with Crippen LogP contribution in [0, 0.1) is 0 Å². The van der Waals surface area contributed by atoms with Crippen molar-refractivity contribution in [3.63, 3.8) is 0 Å². The molecule has 0 atom stereocenters. The zero-order valence-electron chi connectivity index (χ0n) is 26.8. The zero-order valence-corrected chi connectivity index (χ0v) is 26.8. The maximum atomic E-state index is 12.5. The summed E-state index contributed by atoms with van der Waals surface area (Å²) in [6.07, 6.45) is 3.79. The minimum atomic E-state index is -1.50. The van der Waals surface area contributed by atoms with E-state index in [1.54, 1.807) is 38.5 Å². The summed E-state index contributed by atoms with van der Waals surface area (Å²) in [5, 5.41) is 30.9. The van der Waals surface area contributed by atoms with Crippen molar-refractivity contribution in [2.45, 2.75) is 5.54 Å². The van der Waals surface area contributed by atoms with Gasteiger partial charge in [0.2, 0.25) is 0 Å². The molecule has 0 aromatic heterocycles. The molecule has 0 bridgehead atoms. The summed E-state index contributed by atoms with van der Waals surface area (Å²) < 4.78 is 43.8. The highest BCUT2D eigenvalue weighted by molar-refractivity contribution is 5.95. The Labute approximate surface area is 270 Å². The predicted molar refractivity (Wildman–Crippen MR) is 171 cm³/mol. The number of ether oxygens (including phenoxy) is 8. The highest BCUT2D eigenvalue weighted by Gasteiger charge is 2.30. The van der Waals surface area contributed by atoms with Crippen molar-refractivity contribution in [3.05, 3.63) is 59.2 Å². The molecule has 1 amide bonds. The Balaban J connectivity index is 1.97.